The van der Waals surface area contributed by atoms with Crippen molar-refractivity contribution in [3.05, 3.63) is 29.3 Å². The molecule has 1 rings (SSSR count). The number of hydrogen-bond acceptors (Lipinski definition) is 4. The second-order valence-corrected chi connectivity index (χ2v) is 4.78. The quantitative estimate of drug-likeness (QED) is 0.671. The molecule has 0 saturated heterocycles. The number of aryl methyl sites for hydroxylation is 1. The fourth-order valence-corrected chi connectivity index (χ4v) is 1.74. The average molecular weight is 267 g/mol. The average Bonchev–Trinajstić information content (AvgIpc) is 2.38. The molecule has 108 valence electrons. The highest BCUT2D eigenvalue weighted by Crippen LogP contribution is 2.23. The Morgan fingerprint density at radius 1 is 1.21 bits per heavy atom. The van der Waals surface area contributed by atoms with Crippen LogP contribution in [0.25, 0.3) is 0 Å². The van der Waals surface area contributed by atoms with E-state index in [9.17, 15) is 0 Å². The normalized spacial score (nSPS) is 11.0. The molecule has 4 heteroatoms. The maximum Gasteiger partial charge on any atom is 0.126 e. The summed E-state index contributed by atoms with van der Waals surface area (Å²) < 4.78 is 11.0. The molecular weight excluding hydrogens is 242 g/mol. The van der Waals surface area contributed by atoms with Crippen molar-refractivity contribution < 1.29 is 14.6 Å². The lowest BCUT2D eigenvalue weighted by molar-refractivity contribution is 0.0701. The maximum atomic E-state index is 8.62. The predicted octanol–water partition coefficient (Wildman–Crippen LogP) is 1.88. The molecule has 0 bridgehead atoms. The number of hydrogen-bond donors (Lipinski definition) is 2. The molecule has 2 N–H and O–H groups in total. The third-order valence-electron chi connectivity index (χ3n) is 2.70. The molecule has 0 fully saturated rings. The number of aliphatic hydroxyl groups excluding tert-OH is 1. The minimum atomic E-state index is 0.0495. The van der Waals surface area contributed by atoms with Crippen molar-refractivity contribution in [3.63, 3.8) is 0 Å². The van der Waals surface area contributed by atoms with Gasteiger partial charge in [-0.3, -0.25) is 0 Å². The maximum absolute atomic E-state index is 8.62. The highest BCUT2D eigenvalue weighted by molar-refractivity contribution is 5.40. The largest absolute Gasteiger partial charge is 0.491 e. The molecule has 0 aliphatic carbocycles. The first-order chi connectivity index (χ1) is 9.15. The van der Waals surface area contributed by atoms with Crippen LogP contribution in [0.3, 0.4) is 0 Å². The van der Waals surface area contributed by atoms with Crippen LogP contribution in [0.1, 0.15) is 25.0 Å². The highest BCUT2D eigenvalue weighted by atomic mass is 16.5. The van der Waals surface area contributed by atoms with E-state index in [1.54, 1.807) is 0 Å². The Bertz CT molecular complexity index is 366. The topological polar surface area (TPSA) is 50.7 Å². The van der Waals surface area contributed by atoms with Crippen LogP contribution < -0.4 is 10.1 Å². The molecule has 0 atom stereocenters. The van der Waals surface area contributed by atoms with Gasteiger partial charge in [0, 0.05) is 18.2 Å². The summed E-state index contributed by atoms with van der Waals surface area (Å²) in [6, 6.07) is 6.61. The lowest BCUT2D eigenvalue weighted by atomic mass is 10.1. The van der Waals surface area contributed by atoms with Crippen molar-refractivity contribution in [2.24, 2.45) is 0 Å². The zero-order valence-corrected chi connectivity index (χ0v) is 12.1. The highest BCUT2D eigenvalue weighted by Gasteiger charge is 2.07. The van der Waals surface area contributed by atoms with Gasteiger partial charge in [0.15, 0.2) is 0 Å². The second kappa shape index (κ2) is 8.91. The van der Waals surface area contributed by atoms with Gasteiger partial charge in [0.25, 0.3) is 0 Å². The smallest absolute Gasteiger partial charge is 0.126 e. The van der Waals surface area contributed by atoms with Gasteiger partial charge in [-0.15, -0.1) is 0 Å². The van der Waals surface area contributed by atoms with Crippen molar-refractivity contribution in [1.82, 2.24) is 5.32 Å². The lowest BCUT2D eigenvalue weighted by Gasteiger charge is -2.16. The van der Waals surface area contributed by atoms with E-state index in [-0.39, 0.29) is 6.61 Å². The first kappa shape index (κ1) is 16.0. The minimum absolute atomic E-state index is 0.0495. The summed E-state index contributed by atoms with van der Waals surface area (Å²) in [6.45, 7) is 8.49. The van der Waals surface area contributed by atoms with Gasteiger partial charge in [0.1, 0.15) is 12.4 Å². The summed E-state index contributed by atoms with van der Waals surface area (Å²) in [5, 5.41) is 12.0. The number of nitrogens with one attached hydrogen (secondary N) is 1. The zero-order valence-electron chi connectivity index (χ0n) is 12.1. The van der Waals surface area contributed by atoms with Crippen LogP contribution in [0.5, 0.6) is 5.75 Å². The van der Waals surface area contributed by atoms with Crippen molar-refractivity contribution in [1.29, 1.82) is 0 Å². The van der Waals surface area contributed by atoms with Gasteiger partial charge >= 0.3 is 0 Å². The van der Waals surface area contributed by atoms with E-state index in [4.69, 9.17) is 14.6 Å². The first-order valence-corrected chi connectivity index (χ1v) is 6.78. The molecule has 0 radical (unpaired) electrons. The Balaban J connectivity index is 2.54. The molecule has 0 aliphatic rings. The number of ether oxygens (including phenoxy) is 2. The lowest BCUT2D eigenvalue weighted by Crippen LogP contribution is -2.22. The molecule has 0 aromatic heterocycles. The Morgan fingerprint density at radius 2 is 2.00 bits per heavy atom. The Kier molecular flexibility index (Phi) is 7.48. The fraction of sp³-hybridized carbons (Fsp3) is 0.600. The van der Waals surface area contributed by atoms with Crippen LogP contribution in [0.15, 0.2) is 18.2 Å². The zero-order chi connectivity index (χ0) is 14.1. The molecule has 0 heterocycles. The van der Waals surface area contributed by atoms with E-state index >= 15 is 0 Å². The van der Waals surface area contributed by atoms with Crippen molar-refractivity contribution in [3.8, 4) is 5.75 Å². The van der Waals surface area contributed by atoms with Gasteiger partial charge in [0.2, 0.25) is 0 Å². The minimum Gasteiger partial charge on any atom is -0.491 e. The van der Waals surface area contributed by atoms with Crippen LogP contribution in [0, 0.1) is 6.92 Å². The van der Waals surface area contributed by atoms with Gasteiger partial charge in [0.05, 0.1) is 19.8 Å². The van der Waals surface area contributed by atoms with Crippen LogP contribution >= 0.6 is 0 Å². The summed E-state index contributed by atoms with van der Waals surface area (Å²) in [7, 11) is 0. The van der Waals surface area contributed by atoms with Crippen molar-refractivity contribution >= 4 is 0 Å². The van der Waals surface area contributed by atoms with E-state index in [2.05, 4.69) is 25.2 Å². The Hall–Kier alpha value is -1.10. The molecule has 19 heavy (non-hydrogen) atoms. The van der Waals surface area contributed by atoms with Crippen molar-refractivity contribution in [2.75, 3.05) is 26.4 Å². The van der Waals surface area contributed by atoms with E-state index in [0.717, 1.165) is 23.4 Å². The summed E-state index contributed by atoms with van der Waals surface area (Å²) in [5.41, 5.74) is 2.29. The standard InChI is InChI=1S/C15H25NO3/c1-12(2)16-11-14-6-4-5-13(3)15(14)19-10-9-18-8-7-17/h4-6,12,16-17H,7-11H2,1-3H3. The Labute approximate surface area is 115 Å². The molecule has 0 amide bonds. The van der Waals surface area contributed by atoms with E-state index in [1.165, 1.54) is 0 Å². The van der Waals surface area contributed by atoms with Crippen LogP contribution in [-0.2, 0) is 11.3 Å². The van der Waals surface area contributed by atoms with E-state index in [1.807, 2.05) is 19.1 Å². The van der Waals surface area contributed by atoms with E-state index < -0.39 is 0 Å². The van der Waals surface area contributed by atoms with Gasteiger partial charge in [-0.2, -0.15) is 0 Å². The SMILES string of the molecule is Cc1cccc(CNC(C)C)c1OCCOCCO. The number of rotatable bonds is 9. The third-order valence-corrected chi connectivity index (χ3v) is 2.70. The van der Waals surface area contributed by atoms with Gasteiger partial charge < -0.3 is 19.9 Å². The van der Waals surface area contributed by atoms with Gasteiger partial charge in [-0.1, -0.05) is 32.0 Å². The molecular formula is C15H25NO3. The predicted molar refractivity (Wildman–Crippen MR) is 76.6 cm³/mol. The summed E-state index contributed by atoms with van der Waals surface area (Å²) >= 11 is 0. The molecule has 4 nitrogen and oxygen atoms in total. The summed E-state index contributed by atoms with van der Waals surface area (Å²) in [6.07, 6.45) is 0. The summed E-state index contributed by atoms with van der Waals surface area (Å²) in [4.78, 5) is 0. The molecule has 0 spiro atoms. The second-order valence-electron chi connectivity index (χ2n) is 4.78. The monoisotopic (exact) mass is 267 g/mol. The van der Waals surface area contributed by atoms with Crippen LogP contribution in [0.2, 0.25) is 0 Å². The molecule has 0 saturated carbocycles. The molecule has 0 unspecified atom stereocenters. The molecule has 0 aliphatic heterocycles. The van der Waals surface area contributed by atoms with Crippen molar-refractivity contribution in [2.45, 2.75) is 33.4 Å². The number of benzene rings is 1. The number of aliphatic hydroxyl groups is 1. The third kappa shape index (κ3) is 6.05. The van der Waals surface area contributed by atoms with Gasteiger partial charge in [-0.25, -0.2) is 0 Å². The Morgan fingerprint density at radius 3 is 2.68 bits per heavy atom. The number of para-hydroxylation sites is 1. The first-order valence-electron chi connectivity index (χ1n) is 6.78. The fourth-order valence-electron chi connectivity index (χ4n) is 1.74. The van der Waals surface area contributed by atoms with E-state index in [0.29, 0.717) is 25.9 Å². The molecule has 1 aromatic carbocycles. The van der Waals surface area contributed by atoms with Gasteiger partial charge in [-0.05, 0) is 12.5 Å². The van der Waals surface area contributed by atoms with Crippen LogP contribution in [0.4, 0.5) is 0 Å². The molecule has 1 aromatic rings. The van der Waals surface area contributed by atoms with Crippen LogP contribution in [-0.4, -0.2) is 37.6 Å². The summed E-state index contributed by atoms with van der Waals surface area (Å²) in [5.74, 6) is 0.934.